The molecule has 0 aliphatic heterocycles. The van der Waals surface area contributed by atoms with Crippen molar-refractivity contribution in [3.63, 3.8) is 0 Å². The molecule has 21 heavy (non-hydrogen) atoms. The summed E-state index contributed by atoms with van der Waals surface area (Å²) in [6.45, 7) is 4.37. The predicted molar refractivity (Wildman–Crippen MR) is 92.5 cm³/mol. The van der Waals surface area contributed by atoms with E-state index in [0.29, 0.717) is 8.88 Å². The molecule has 2 nitrogen and oxygen atoms in total. The predicted octanol–water partition coefficient (Wildman–Crippen LogP) is 5.12. The summed E-state index contributed by atoms with van der Waals surface area (Å²) in [6, 6.07) is 17.2. The summed E-state index contributed by atoms with van der Waals surface area (Å²) in [5.74, 6) is 0. The summed E-state index contributed by atoms with van der Waals surface area (Å²) in [7, 11) is 0.559. The Kier molecular flexibility index (Phi) is 2.87. The fourth-order valence-electron chi connectivity index (χ4n) is 2.98. The summed E-state index contributed by atoms with van der Waals surface area (Å²) >= 11 is 0. The third-order valence-electron chi connectivity index (χ3n) is 4.04. The summed E-state index contributed by atoms with van der Waals surface area (Å²) in [4.78, 5) is 0. The van der Waals surface area contributed by atoms with E-state index in [0.717, 1.165) is 0 Å². The third kappa shape index (κ3) is 1.99. The minimum Gasteiger partial charge on any atom is -0.310 e. The number of rotatable bonds is 2. The average molecular weight is 292 g/mol. The van der Waals surface area contributed by atoms with Crippen LogP contribution in [-0.4, -0.2) is 8.68 Å². The Morgan fingerprint density at radius 1 is 0.667 bits per heavy atom. The monoisotopic (exact) mass is 292 g/mol. The minimum atomic E-state index is 0.559. The first-order valence-corrected chi connectivity index (χ1v) is 8.04. The average Bonchev–Trinajstić information content (AvgIpc) is 3.00. The van der Waals surface area contributed by atoms with Gasteiger partial charge in [-0.05, 0) is 37.1 Å². The molecule has 0 spiro atoms. The molecule has 4 aromatic rings. The first-order valence-electron chi connectivity index (χ1n) is 7.14. The second-order valence-electron chi connectivity index (χ2n) is 5.50. The van der Waals surface area contributed by atoms with Gasteiger partial charge in [-0.15, -0.1) is 0 Å². The van der Waals surface area contributed by atoms with Gasteiger partial charge in [0.1, 0.15) is 0 Å². The zero-order chi connectivity index (χ0) is 14.4. The maximum Gasteiger partial charge on any atom is 0.0884 e. The van der Waals surface area contributed by atoms with Crippen molar-refractivity contribution in [3.05, 3.63) is 72.1 Å². The Hall–Kier alpha value is -2.05. The first kappa shape index (κ1) is 12.7. The van der Waals surface area contributed by atoms with Crippen molar-refractivity contribution >= 4 is 30.7 Å². The molecular formula is C18H17N2P. The van der Waals surface area contributed by atoms with Crippen molar-refractivity contribution in [1.29, 1.82) is 0 Å². The molecule has 2 aromatic carbocycles. The lowest BCUT2D eigenvalue weighted by atomic mass is 10.2. The van der Waals surface area contributed by atoms with E-state index in [9.17, 15) is 0 Å². The van der Waals surface area contributed by atoms with Crippen LogP contribution in [0.2, 0.25) is 0 Å². The van der Waals surface area contributed by atoms with Crippen LogP contribution in [0.4, 0.5) is 0 Å². The highest BCUT2D eigenvalue weighted by Gasteiger charge is 2.08. The van der Waals surface area contributed by atoms with Crippen LogP contribution in [0.25, 0.3) is 21.8 Å². The van der Waals surface area contributed by atoms with E-state index < -0.39 is 0 Å². The van der Waals surface area contributed by atoms with Gasteiger partial charge in [0, 0.05) is 23.2 Å². The molecular weight excluding hydrogens is 275 g/mol. The summed E-state index contributed by atoms with van der Waals surface area (Å²) in [5.41, 5.74) is 5.30. The van der Waals surface area contributed by atoms with Crippen molar-refractivity contribution in [2.24, 2.45) is 0 Å². The molecule has 2 heterocycles. The third-order valence-corrected chi connectivity index (χ3v) is 5.21. The number of para-hydroxylation sites is 2. The van der Waals surface area contributed by atoms with Crippen molar-refractivity contribution in [2.45, 2.75) is 13.8 Å². The molecule has 0 aliphatic carbocycles. The smallest absolute Gasteiger partial charge is 0.0884 e. The summed E-state index contributed by atoms with van der Waals surface area (Å²) in [5, 5.41) is 2.69. The largest absolute Gasteiger partial charge is 0.310 e. The normalized spacial score (nSPS) is 11.5. The molecule has 0 amide bonds. The molecule has 104 valence electrons. The lowest BCUT2D eigenvalue weighted by Gasteiger charge is -2.08. The van der Waals surface area contributed by atoms with E-state index in [2.05, 4.69) is 83.4 Å². The van der Waals surface area contributed by atoms with E-state index in [1.54, 1.807) is 0 Å². The van der Waals surface area contributed by atoms with E-state index in [1.807, 2.05) is 0 Å². The Morgan fingerprint density at radius 3 is 1.57 bits per heavy atom. The fraction of sp³-hybridized carbons (Fsp3) is 0.111. The Labute approximate surface area is 125 Å². The van der Waals surface area contributed by atoms with Crippen molar-refractivity contribution in [1.82, 2.24) is 8.68 Å². The minimum absolute atomic E-state index is 0.559. The van der Waals surface area contributed by atoms with Crippen LogP contribution in [-0.2, 0) is 0 Å². The molecule has 0 N–H and O–H groups in total. The van der Waals surface area contributed by atoms with E-state index in [1.165, 1.54) is 32.9 Å². The number of hydrogen-bond acceptors (Lipinski definition) is 0. The van der Waals surface area contributed by atoms with Gasteiger partial charge < -0.3 is 8.68 Å². The molecule has 0 fully saturated rings. The number of aromatic nitrogens is 2. The number of aryl methyl sites for hydroxylation is 2. The highest BCUT2D eigenvalue weighted by atomic mass is 31.1. The topological polar surface area (TPSA) is 9.86 Å². The SMILES string of the molecule is Cc1cn(Pn2cc(C)c3ccccc32)c2ccccc12. The zero-order valence-electron chi connectivity index (χ0n) is 12.2. The number of nitrogens with zero attached hydrogens (tertiary/aromatic N) is 2. The zero-order valence-corrected chi connectivity index (χ0v) is 13.2. The molecule has 0 aliphatic rings. The van der Waals surface area contributed by atoms with Gasteiger partial charge in [-0.2, -0.15) is 0 Å². The van der Waals surface area contributed by atoms with E-state index >= 15 is 0 Å². The lowest BCUT2D eigenvalue weighted by molar-refractivity contribution is 1.21. The van der Waals surface area contributed by atoms with E-state index in [-0.39, 0.29) is 0 Å². The van der Waals surface area contributed by atoms with Crippen LogP contribution < -0.4 is 0 Å². The molecule has 2 aromatic heterocycles. The van der Waals surface area contributed by atoms with E-state index in [4.69, 9.17) is 0 Å². The van der Waals surface area contributed by atoms with Gasteiger partial charge in [0.15, 0.2) is 0 Å². The Morgan fingerprint density at radius 2 is 1.10 bits per heavy atom. The van der Waals surface area contributed by atoms with Gasteiger partial charge in [-0.3, -0.25) is 0 Å². The number of benzene rings is 2. The molecule has 0 saturated carbocycles. The number of hydrogen-bond donors (Lipinski definition) is 0. The lowest BCUT2D eigenvalue weighted by Crippen LogP contribution is -1.88. The molecule has 0 radical (unpaired) electrons. The van der Waals surface area contributed by atoms with Gasteiger partial charge in [0.25, 0.3) is 0 Å². The summed E-state index contributed by atoms with van der Waals surface area (Å²) < 4.78 is 4.72. The molecule has 0 saturated heterocycles. The fourth-order valence-corrected chi connectivity index (χ4v) is 4.32. The quantitative estimate of drug-likeness (QED) is 0.454. The molecule has 0 unspecified atom stereocenters. The Balaban J connectivity index is 1.87. The van der Waals surface area contributed by atoms with Crippen molar-refractivity contribution in [3.8, 4) is 0 Å². The first-order chi connectivity index (χ1) is 10.2. The van der Waals surface area contributed by atoms with Gasteiger partial charge in [0.2, 0.25) is 0 Å². The van der Waals surface area contributed by atoms with Crippen molar-refractivity contribution < 1.29 is 0 Å². The standard InChI is InChI=1S/C18H17N2P/c1-13-11-19(17-9-5-3-7-15(13)17)21-20-12-14(2)16-8-4-6-10-18(16)20/h3-12,21H,1-2H3. The summed E-state index contributed by atoms with van der Waals surface area (Å²) in [6.07, 6.45) is 4.51. The second kappa shape index (κ2) is 4.75. The van der Waals surface area contributed by atoms with Crippen LogP contribution >= 0.6 is 8.88 Å². The molecule has 0 atom stereocenters. The maximum absolute atomic E-state index is 2.36. The second-order valence-corrected chi connectivity index (χ2v) is 6.66. The molecule has 0 bridgehead atoms. The Bertz CT molecular complexity index is 868. The highest BCUT2D eigenvalue weighted by Crippen LogP contribution is 2.33. The van der Waals surface area contributed by atoms with Gasteiger partial charge in [0.05, 0.1) is 19.9 Å². The highest BCUT2D eigenvalue weighted by molar-refractivity contribution is 7.35. The van der Waals surface area contributed by atoms with Crippen LogP contribution in [0.5, 0.6) is 0 Å². The van der Waals surface area contributed by atoms with Gasteiger partial charge >= 0.3 is 0 Å². The van der Waals surface area contributed by atoms with Crippen molar-refractivity contribution in [2.75, 3.05) is 0 Å². The van der Waals surface area contributed by atoms with Crippen LogP contribution in [0.15, 0.2) is 60.9 Å². The molecule has 4 rings (SSSR count). The number of fused-ring (bicyclic) bond motifs is 2. The van der Waals surface area contributed by atoms with Gasteiger partial charge in [-0.25, -0.2) is 0 Å². The van der Waals surface area contributed by atoms with Crippen LogP contribution in [0, 0.1) is 13.8 Å². The maximum atomic E-state index is 2.36. The van der Waals surface area contributed by atoms with Crippen LogP contribution in [0.3, 0.4) is 0 Å². The van der Waals surface area contributed by atoms with Crippen LogP contribution in [0.1, 0.15) is 11.1 Å². The van der Waals surface area contributed by atoms with Gasteiger partial charge in [-0.1, -0.05) is 36.4 Å². The molecule has 3 heteroatoms.